The number of H-pyrrole nitrogens is 1. The molecule has 0 saturated heterocycles. The molecule has 0 amide bonds. The molecule has 21 heavy (non-hydrogen) atoms. The van der Waals surface area contributed by atoms with E-state index in [0.717, 1.165) is 22.2 Å². The fourth-order valence-electron chi connectivity index (χ4n) is 2.33. The maximum absolute atomic E-state index is 12.0. The normalized spacial score (nSPS) is 10.9. The van der Waals surface area contributed by atoms with Crippen LogP contribution in [0.2, 0.25) is 0 Å². The predicted molar refractivity (Wildman–Crippen MR) is 84.4 cm³/mol. The molecule has 0 unspecified atom stereocenters. The highest BCUT2D eigenvalue weighted by atomic mass is 16.5. The number of nitrogens with one attached hydrogen (secondary N) is 1. The van der Waals surface area contributed by atoms with Crippen molar-refractivity contribution < 1.29 is 4.74 Å². The molecule has 0 aliphatic rings. The second kappa shape index (κ2) is 6.37. The highest BCUT2D eigenvalue weighted by Crippen LogP contribution is 2.08. The molecule has 1 aromatic heterocycles. The third-order valence-corrected chi connectivity index (χ3v) is 3.42. The largest absolute Gasteiger partial charge is 0.376 e. The Kier molecular flexibility index (Phi) is 4.12. The Hall–Kier alpha value is -2.39. The van der Waals surface area contributed by atoms with E-state index in [0.29, 0.717) is 19.6 Å². The van der Waals surface area contributed by atoms with Crippen LogP contribution in [-0.4, -0.2) is 11.6 Å². The number of para-hydroxylation sites is 1. The van der Waals surface area contributed by atoms with Gasteiger partial charge in [-0.25, -0.2) is 0 Å². The molecule has 3 nitrogen and oxygen atoms in total. The number of hydrogen-bond acceptors (Lipinski definition) is 2. The summed E-state index contributed by atoms with van der Waals surface area (Å²) in [6.45, 7) is 1.18. The molecule has 0 fully saturated rings. The lowest BCUT2D eigenvalue weighted by Gasteiger charge is -2.06. The van der Waals surface area contributed by atoms with Crippen LogP contribution in [0.5, 0.6) is 0 Å². The molecule has 1 N–H and O–H groups in total. The summed E-state index contributed by atoms with van der Waals surface area (Å²) in [5, 5.41) is 0.728. The SMILES string of the molecule is O=c1cc(CCOCc2ccccc2)[nH]c2ccccc12. The molecule has 2 aromatic carbocycles. The molecular formula is C18H17NO2. The van der Waals surface area contributed by atoms with Crippen LogP contribution < -0.4 is 5.43 Å². The first kappa shape index (κ1) is 13.6. The number of rotatable bonds is 5. The molecule has 0 radical (unpaired) electrons. The highest BCUT2D eigenvalue weighted by molar-refractivity contribution is 5.78. The van der Waals surface area contributed by atoms with E-state index in [1.807, 2.05) is 54.6 Å². The molecule has 0 aliphatic carbocycles. The predicted octanol–water partition coefficient (Wildman–Crippen LogP) is 3.29. The minimum absolute atomic E-state index is 0.0578. The van der Waals surface area contributed by atoms with E-state index in [1.165, 1.54) is 0 Å². The Balaban J connectivity index is 1.62. The van der Waals surface area contributed by atoms with Crippen molar-refractivity contribution in [2.75, 3.05) is 6.61 Å². The molecule has 3 heteroatoms. The van der Waals surface area contributed by atoms with Crippen LogP contribution >= 0.6 is 0 Å². The molecule has 0 bridgehead atoms. The van der Waals surface area contributed by atoms with Gasteiger partial charge in [0.25, 0.3) is 0 Å². The summed E-state index contributed by atoms with van der Waals surface area (Å²) in [5.41, 5.74) is 3.00. The molecule has 1 heterocycles. The summed E-state index contributed by atoms with van der Waals surface area (Å²) < 4.78 is 5.65. The summed E-state index contributed by atoms with van der Waals surface area (Å²) >= 11 is 0. The maximum Gasteiger partial charge on any atom is 0.189 e. The monoisotopic (exact) mass is 279 g/mol. The Bertz CT molecular complexity index is 778. The summed E-state index contributed by atoms with van der Waals surface area (Å²) in [6.07, 6.45) is 0.701. The van der Waals surface area contributed by atoms with Gasteiger partial charge in [-0.3, -0.25) is 4.79 Å². The van der Waals surface area contributed by atoms with Crippen LogP contribution in [0.3, 0.4) is 0 Å². The van der Waals surface area contributed by atoms with Crippen molar-refractivity contribution in [2.45, 2.75) is 13.0 Å². The molecule has 3 rings (SSSR count). The van der Waals surface area contributed by atoms with E-state index in [9.17, 15) is 4.79 Å². The van der Waals surface area contributed by atoms with Crippen molar-refractivity contribution in [1.82, 2.24) is 4.98 Å². The van der Waals surface area contributed by atoms with Gasteiger partial charge in [-0.15, -0.1) is 0 Å². The number of hydrogen-bond donors (Lipinski definition) is 1. The lowest BCUT2D eigenvalue weighted by Crippen LogP contribution is -2.07. The van der Waals surface area contributed by atoms with Gasteiger partial charge < -0.3 is 9.72 Å². The Morgan fingerprint density at radius 3 is 2.57 bits per heavy atom. The quantitative estimate of drug-likeness (QED) is 0.728. The average molecular weight is 279 g/mol. The van der Waals surface area contributed by atoms with Crippen molar-refractivity contribution in [3.05, 3.63) is 82.1 Å². The number of ether oxygens (including phenoxy) is 1. The zero-order valence-electron chi connectivity index (χ0n) is 11.7. The second-order valence-corrected chi connectivity index (χ2v) is 4.99. The van der Waals surface area contributed by atoms with Crippen LogP contribution in [0, 0.1) is 0 Å². The maximum atomic E-state index is 12.0. The van der Waals surface area contributed by atoms with Gasteiger partial charge in [0.05, 0.1) is 13.2 Å². The van der Waals surface area contributed by atoms with E-state index in [2.05, 4.69) is 4.98 Å². The van der Waals surface area contributed by atoms with Gasteiger partial charge in [0.15, 0.2) is 5.43 Å². The van der Waals surface area contributed by atoms with E-state index in [1.54, 1.807) is 6.07 Å². The third kappa shape index (κ3) is 3.38. The Morgan fingerprint density at radius 2 is 1.71 bits per heavy atom. The molecule has 3 aromatic rings. The van der Waals surface area contributed by atoms with E-state index < -0.39 is 0 Å². The number of fused-ring (bicyclic) bond motifs is 1. The lowest BCUT2D eigenvalue weighted by atomic mass is 10.2. The van der Waals surface area contributed by atoms with Crippen LogP contribution in [0.15, 0.2) is 65.5 Å². The summed E-state index contributed by atoms with van der Waals surface area (Å²) in [6, 6.07) is 19.3. The van der Waals surface area contributed by atoms with Crippen molar-refractivity contribution >= 4 is 10.9 Å². The fourth-order valence-corrected chi connectivity index (χ4v) is 2.33. The molecule has 0 spiro atoms. The Morgan fingerprint density at radius 1 is 0.952 bits per heavy atom. The molecule has 0 aliphatic heterocycles. The van der Waals surface area contributed by atoms with E-state index in [-0.39, 0.29) is 5.43 Å². The summed E-state index contributed by atoms with van der Waals surface area (Å²) in [7, 11) is 0. The smallest absolute Gasteiger partial charge is 0.189 e. The van der Waals surface area contributed by atoms with Crippen molar-refractivity contribution in [2.24, 2.45) is 0 Å². The number of pyridine rings is 1. The van der Waals surface area contributed by atoms with Gasteiger partial charge in [-0.1, -0.05) is 42.5 Å². The van der Waals surface area contributed by atoms with Crippen LogP contribution in [0.1, 0.15) is 11.3 Å². The standard InChI is InChI=1S/C18H17NO2/c20-18-12-15(19-17-9-5-4-8-16(17)18)10-11-21-13-14-6-2-1-3-7-14/h1-9,12H,10-11,13H2,(H,19,20). The van der Waals surface area contributed by atoms with Gasteiger partial charge in [-0.05, 0) is 17.7 Å². The minimum atomic E-state index is 0.0578. The Labute approximate surface area is 123 Å². The zero-order valence-corrected chi connectivity index (χ0v) is 11.7. The summed E-state index contributed by atoms with van der Waals surface area (Å²) in [4.78, 5) is 15.3. The topological polar surface area (TPSA) is 42.1 Å². The molecular weight excluding hydrogens is 262 g/mol. The number of aromatic nitrogens is 1. The van der Waals surface area contributed by atoms with Crippen molar-refractivity contribution in [3.8, 4) is 0 Å². The summed E-state index contributed by atoms with van der Waals surface area (Å²) in [5.74, 6) is 0. The second-order valence-electron chi connectivity index (χ2n) is 4.99. The number of benzene rings is 2. The van der Waals surface area contributed by atoms with Gasteiger partial charge >= 0.3 is 0 Å². The van der Waals surface area contributed by atoms with Crippen LogP contribution in [-0.2, 0) is 17.8 Å². The average Bonchev–Trinajstić information content (AvgIpc) is 2.53. The van der Waals surface area contributed by atoms with Gasteiger partial charge in [0.1, 0.15) is 0 Å². The van der Waals surface area contributed by atoms with E-state index in [4.69, 9.17) is 4.74 Å². The van der Waals surface area contributed by atoms with Crippen LogP contribution in [0.4, 0.5) is 0 Å². The highest BCUT2D eigenvalue weighted by Gasteiger charge is 2.01. The molecule has 0 atom stereocenters. The third-order valence-electron chi connectivity index (χ3n) is 3.42. The zero-order chi connectivity index (χ0) is 14.5. The molecule has 106 valence electrons. The lowest BCUT2D eigenvalue weighted by molar-refractivity contribution is 0.123. The fraction of sp³-hybridized carbons (Fsp3) is 0.167. The van der Waals surface area contributed by atoms with Crippen molar-refractivity contribution in [1.29, 1.82) is 0 Å². The van der Waals surface area contributed by atoms with Crippen LogP contribution in [0.25, 0.3) is 10.9 Å². The van der Waals surface area contributed by atoms with Gasteiger partial charge in [0.2, 0.25) is 0 Å². The first-order valence-corrected chi connectivity index (χ1v) is 7.05. The molecule has 0 saturated carbocycles. The first-order valence-electron chi connectivity index (χ1n) is 7.05. The number of aromatic amines is 1. The van der Waals surface area contributed by atoms with Gasteiger partial charge in [-0.2, -0.15) is 0 Å². The van der Waals surface area contributed by atoms with Crippen molar-refractivity contribution in [3.63, 3.8) is 0 Å². The first-order chi connectivity index (χ1) is 10.3. The van der Waals surface area contributed by atoms with E-state index >= 15 is 0 Å². The minimum Gasteiger partial charge on any atom is -0.376 e. The van der Waals surface area contributed by atoms with Gasteiger partial charge in [0, 0.05) is 29.1 Å².